The number of nitrogens with zero attached hydrogens (tertiary/aromatic N) is 2. The summed E-state index contributed by atoms with van der Waals surface area (Å²) >= 11 is 0. The molecule has 0 aliphatic carbocycles. The van der Waals surface area contributed by atoms with Crippen LogP contribution < -0.4 is 0 Å². The Morgan fingerprint density at radius 2 is 1.36 bits per heavy atom. The Labute approximate surface area is 154 Å². The summed E-state index contributed by atoms with van der Waals surface area (Å²) in [4.78, 5) is 8.95. The van der Waals surface area contributed by atoms with Crippen molar-refractivity contribution in [1.82, 2.24) is 0 Å². The molecule has 1 aromatic rings. The maximum Gasteiger partial charge on any atom is 0.243 e. The van der Waals surface area contributed by atoms with Crippen LogP contribution in [-0.4, -0.2) is 12.4 Å². The van der Waals surface area contributed by atoms with Crippen LogP contribution in [0, 0.1) is 12.1 Å². The van der Waals surface area contributed by atoms with E-state index < -0.39 is 0 Å². The van der Waals surface area contributed by atoms with Crippen LogP contribution in [0.25, 0.3) is 0 Å². The predicted octanol–water partition coefficient (Wildman–Crippen LogP) is 6.80. The van der Waals surface area contributed by atoms with Gasteiger partial charge in [0.05, 0.1) is 5.92 Å². The molecule has 2 heteroatoms. The van der Waals surface area contributed by atoms with Crippen LogP contribution in [-0.2, 0) is 6.42 Å². The van der Waals surface area contributed by atoms with Gasteiger partial charge in [-0.25, -0.2) is 0 Å². The van der Waals surface area contributed by atoms with Crippen molar-refractivity contribution in [2.24, 2.45) is 15.9 Å². The summed E-state index contributed by atoms with van der Waals surface area (Å²) in [5.74, 6) is 0.514. The highest BCUT2D eigenvalue weighted by molar-refractivity contribution is 6.18. The molecule has 0 spiro atoms. The van der Waals surface area contributed by atoms with E-state index in [0.717, 1.165) is 19.0 Å². The minimum absolute atomic E-state index is 0.514. The van der Waals surface area contributed by atoms with Gasteiger partial charge in [-0.15, -0.1) is 0 Å². The molecule has 0 bridgehead atoms. The van der Waals surface area contributed by atoms with Crippen molar-refractivity contribution in [3.63, 3.8) is 0 Å². The molecule has 0 fully saturated rings. The molecular formula is C23H35N2+. The summed E-state index contributed by atoms with van der Waals surface area (Å²) in [5.41, 5.74) is 1.42. The minimum Gasteiger partial charge on any atom is -0.0965 e. The van der Waals surface area contributed by atoms with Crippen LogP contribution in [0.2, 0.25) is 0 Å². The fraction of sp³-hybridized carbons (Fsp3) is 0.609. The SMILES string of the molecule is CCCCCCCCCCCC(CCc1ccccc1)[C+]1N=CC=N1. The van der Waals surface area contributed by atoms with Gasteiger partial charge in [0.2, 0.25) is 6.17 Å². The van der Waals surface area contributed by atoms with Crippen LogP contribution >= 0.6 is 0 Å². The van der Waals surface area contributed by atoms with E-state index in [4.69, 9.17) is 0 Å². The van der Waals surface area contributed by atoms with Crippen molar-refractivity contribution in [2.75, 3.05) is 0 Å². The fourth-order valence-corrected chi connectivity index (χ4v) is 3.55. The van der Waals surface area contributed by atoms with Gasteiger partial charge in [-0.05, 0) is 24.8 Å². The summed E-state index contributed by atoms with van der Waals surface area (Å²) in [6.45, 7) is 2.28. The van der Waals surface area contributed by atoms with Crippen LogP contribution in [0.4, 0.5) is 0 Å². The highest BCUT2D eigenvalue weighted by atomic mass is 15.0. The molecule has 0 saturated heterocycles. The van der Waals surface area contributed by atoms with Crippen LogP contribution in [0.5, 0.6) is 0 Å². The largest absolute Gasteiger partial charge is 0.243 e. The number of hydrogen-bond acceptors (Lipinski definition) is 2. The standard InChI is InChI=1S/C23H35N2/c1-2-3-4-5-6-7-8-9-13-16-22(23-24-19-20-25-23)18-17-21-14-11-10-12-15-21/h10-12,14-15,19-20,22H,2-9,13,16-18H2,1H3/q+1. The second-order valence-corrected chi connectivity index (χ2v) is 7.25. The van der Waals surface area contributed by atoms with E-state index in [1.165, 1.54) is 69.8 Å². The molecule has 1 unspecified atom stereocenters. The molecule has 25 heavy (non-hydrogen) atoms. The van der Waals surface area contributed by atoms with Crippen molar-refractivity contribution in [1.29, 1.82) is 0 Å². The molecule has 1 atom stereocenters. The second kappa shape index (κ2) is 12.7. The topological polar surface area (TPSA) is 24.7 Å². The van der Waals surface area contributed by atoms with E-state index in [2.05, 4.69) is 47.2 Å². The first kappa shape index (κ1) is 19.8. The van der Waals surface area contributed by atoms with Gasteiger partial charge in [0.15, 0.2) is 12.4 Å². The number of aliphatic imine (C=N–C) groups is 2. The second-order valence-electron chi connectivity index (χ2n) is 7.25. The third-order valence-corrected chi connectivity index (χ3v) is 5.13. The number of benzene rings is 1. The molecule has 2 rings (SSSR count). The summed E-state index contributed by atoms with van der Waals surface area (Å²) in [5, 5.41) is 0. The molecule has 1 aliphatic rings. The van der Waals surface area contributed by atoms with Gasteiger partial charge in [0.1, 0.15) is 0 Å². The molecule has 136 valence electrons. The first-order chi connectivity index (χ1) is 12.4. The molecule has 1 aliphatic heterocycles. The van der Waals surface area contributed by atoms with Crippen molar-refractivity contribution in [3.8, 4) is 0 Å². The lowest BCUT2D eigenvalue weighted by Gasteiger charge is -2.14. The van der Waals surface area contributed by atoms with Gasteiger partial charge in [-0.2, -0.15) is 0 Å². The Bertz CT molecular complexity index is 480. The lowest BCUT2D eigenvalue weighted by Crippen LogP contribution is -2.09. The van der Waals surface area contributed by atoms with Crippen LogP contribution in [0.15, 0.2) is 40.3 Å². The first-order valence-electron chi connectivity index (χ1n) is 10.4. The van der Waals surface area contributed by atoms with Gasteiger partial charge in [-0.1, -0.05) is 105 Å². The van der Waals surface area contributed by atoms with Crippen LogP contribution in [0.1, 0.15) is 83.1 Å². The van der Waals surface area contributed by atoms with Gasteiger partial charge < -0.3 is 0 Å². The molecule has 0 N–H and O–H groups in total. The average molecular weight is 340 g/mol. The van der Waals surface area contributed by atoms with E-state index in [0.29, 0.717) is 5.92 Å². The Morgan fingerprint density at radius 3 is 2.00 bits per heavy atom. The first-order valence-corrected chi connectivity index (χ1v) is 10.4. The monoisotopic (exact) mass is 339 g/mol. The molecule has 0 aromatic heterocycles. The maximum absolute atomic E-state index is 4.47. The van der Waals surface area contributed by atoms with E-state index >= 15 is 0 Å². The molecule has 0 amide bonds. The summed E-state index contributed by atoms with van der Waals surface area (Å²) in [7, 11) is 0. The van der Waals surface area contributed by atoms with Crippen LogP contribution in [0.3, 0.4) is 0 Å². The van der Waals surface area contributed by atoms with Gasteiger partial charge in [0, 0.05) is 0 Å². The highest BCUT2D eigenvalue weighted by Gasteiger charge is 2.27. The Balaban J connectivity index is 1.62. The lowest BCUT2D eigenvalue weighted by atomic mass is 9.91. The number of rotatable bonds is 14. The fourth-order valence-electron chi connectivity index (χ4n) is 3.55. The average Bonchev–Trinajstić information content (AvgIpc) is 3.18. The zero-order chi connectivity index (χ0) is 17.6. The molecular weight excluding hydrogens is 304 g/mol. The van der Waals surface area contributed by atoms with Crippen molar-refractivity contribution < 1.29 is 0 Å². The van der Waals surface area contributed by atoms with Gasteiger partial charge in [-0.3, -0.25) is 0 Å². The quantitative estimate of drug-likeness (QED) is 0.263. The van der Waals surface area contributed by atoms with E-state index in [1.54, 1.807) is 0 Å². The smallest absolute Gasteiger partial charge is 0.0965 e. The highest BCUT2D eigenvalue weighted by Crippen LogP contribution is 2.29. The third-order valence-electron chi connectivity index (χ3n) is 5.13. The van der Waals surface area contributed by atoms with E-state index in [1.807, 2.05) is 12.4 Å². The summed E-state index contributed by atoms with van der Waals surface area (Å²) < 4.78 is 0. The Morgan fingerprint density at radius 1 is 0.760 bits per heavy atom. The molecule has 1 aromatic carbocycles. The number of aryl methyl sites for hydroxylation is 1. The van der Waals surface area contributed by atoms with Crippen molar-refractivity contribution in [2.45, 2.75) is 84.0 Å². The number of unbranched alkanes of at least 4 members (excludes halogenated alkanes) is 8. The summed E-state index contributed by atoms with van der Waals surface area (Å²) in [6.07, 6.45) is 20.7. The van der Waals surface area contributed by atoms with Gasteiger partial charge >= 0.3 is 0 Å². The third kappa shape index (κ3) is 8.38. The molecule has 0 radical (unpaired) electrons. The Hall–Kier alpha value is -1.57. The predicted molar refractivity (Wildman–Crippen MR) is 110 cm³/mol. The van der Waals surface area contributed by atoms with E-state index in [-0.39, 0.29) is 0 Å². The number of hydrogen-bond donors (Lipinski definition) is 0. The zero-order valence-corrected chi connectivity index (χ0v) is 16.0. The lowest BCUT2D eigenvalue weighted by molar-refractivity contribution is 0.430. The summed E-state index contributed by atoms with van der Waals surface area (Å²) in [6, 6.07) is 10.8. The maximum atomic E-state index is 4.47. The van der Waals surface area contributed by atoms with Crippen molar-refractivity contribution in [3.05, 3.63) is 42.1 Å². The van der Waals surface area contributed by atoms with Crippen molar-refractivity contribution >= 4 is 12.4 Å². The normalized spacial score (nSPS) is 14.4. The molecule has 2 nitrogen and oxygen atoms in total. The van der Waals surface area contributed by atoms with Gasteiger partial charge in [0.25, 0.3) is 0 Å². The molecule has 0 saturated carbocycles. The molecule has 1 heterocycles. The Kier molecular flexibility index (Phi) is 10.1. The van der Waals surface area contributed by atoms with E-state index in [9.17, 15) is 0 Å². The minimum atomic E-state index is 0.514. The zero-order valence-electron chi connectivity index (χ0n) is 16.0.